The summed E-state index contributed by atoms with van der Waals surface area (Å²) in [6.07, 6.45) is 2.54. The minimum Gasteiger partial charge on any atom is -0.422 e. The molecule has 0 fully saturated rings. The minimum atomic E-state index is -0.288. The molecule has 136 valence electrons. The van der Waals surface area contributed by atoms with E-state index in [4.69, 9.17) is 4.42 Å². The Morgan fingerprint density at radius 1 is 0.741 bits per heavy atom. The van der Waals surface area contributed by atoms with Gasteiger partial charge in [-0.1, -0.05) is 42.5 Å². The van der Waals surface area contributed by atoms with E-state index in [0.29, 0.717) is 11.1 Å². The maximum absolute atomic E-state index is 12.8. The van der Waals surface area contributed by atoms with Crippen molar-refractivity contribution >= 4 is 49.5 Å². The molecule has 4 rings (SSSR count). The quantitative estimate of drug-likeness (QED) is 0.317. The van der Waals surface area contributed by atoms with Gasteiger partial charge < -0.3 is 4.42 Å². The molecular formula is C22H21O2P3. The van der Waals surface area contributed by atoms with Crippen LogP contribution >= 0.6 is 27.7 Å². The number of fused-ring (bicyclic) bond motifs is 2. The predicted octanol–water partition coefficient (Wildman–Crippen LogP) is 5.74. The van der Waals surface area contributed by atoms with Crippen molar-refractivity contribution in [1.29, 1.82) is 0 Å². The van der Waals surface area contributed by atoms with E-state index in [0.717, 1.165) is 40.4 Å². The maximum Gasteiger partial charge on any atom is 0.344 e. The van der Waals surface area contributed by atoms with E-state index in [-0.39, 0.29) is 5.63 Å². The SMILES string of the molecule is O=c1oc2c(CP)c(CP)ccc2cc1-c1ccc2cc(CP)ccc2c1. The number of rotatable bonds is 4. The topological polar surface area (TPSA) is 30.2 Å². The molecule has 1 aromatic heterocycles. The Morgan fingerprint density at radius 3 is 2.22 bits per heavy atom. The molecule has 0 radical (unpaired) electrons. The van der Waals surface area contributed by atoms with Crippen LogP contribution < -0.4 is 5.63 Å². The summed E-state index contributed by atoms with van der Waals surface area (Å²) in [5.41, 5.74) is 5.45. The highest BCUT2D eigenvalue weighted by Crippen LogP contribution is 2.30. The molecule has 0 amide bonds. The molecule has 3 atom stereocenters. The second-order valence-electron chi connectivity index (χ2n) is 6.58. The molecule has 0 spiro atoms. The fourth-order valence-electron chi connectivity index (χ4n) is 3.49. The highest BCUT2D eigenvalue weighted by Gasteiger charge is 2.13. The second-order valence-corrected chi connectivity index (χ2v) is 7.80. The lowest BCUT2D eigenvalue weighted by atomic mass is 9.99. The molecule has 27 heavy (non-hydrogen) atoms. The molecule has 0 N–H and O–H groups in total. The molecule has 2 nitrogen and oxygen atoms in total. The van der Waals surface area contributed by atoms with Crippen molar-refractivity contribution in [3.05, 3.63) is 81.7 Å². The van der Waals surface area contributed by atoms with Crippen LogP contribution in [0.5, 0.6) is 0 Å². The van der Waals surface area contributed by atoms with Gasteiger partial charge in [0.2, 0.25) is 0 Å². The monoisotopic (exact) mass is 410 g/mol. The fourth-order valence-corrected chi connectivity index (χ4v) is 4.57. The fraction of sp³-hybridized carbons (Fsp3) is 0.136. The van der Waals surface area contributed by atoms with Crippen molar-refractivity contribution in [2.75, 3.05) is 0 Å². The summed E-state index contributed by atoms with van der Waals surface area (Å²) in [4.78, 5) is 12.8. The summed E-state index contributed by atoms with van der Waals surface area (Å²) in [6, 6.07) is 18.7. The van der Waals surface area contributed by atoms with E-state index in [9.17, 15) is 4.79 Å². The second kappa shape index (κ2) is 7.81. The van der Waals surface area contributed by atoms with Gasteiger partial charge in [-0.05, 0) is 58.1 Å². The highest BCUT2D eigenvalue weighted by atomic mass is 31.0. The zero-order chi connectivity index (χ0) is 19.0. The first-order valence-electron chi connectivity index (χ1n) is 8.86. The van der Waals surface area contributed by atoms with Gasteiger partial charge in [0.05, 0.1) is 5.56 Å². The van der Waals surface area contributed by atoms with Crippen LogP contribution in [0.1, 0.15) is 16.7 Å². The van der Waals surface area contributed by atoms with Gasteiger partial charge >= 0.3 is 5.63 Å². The lowest BCUT2D eigenvalue weighted by Gasteiger charge is -2.10. The summed E-state index contributed by atoms with van der Waals surface area (Å²) in [5, 5.41) is 3.26. The Kier molecular flexibility index (Phi) is 5.43. The third kappa shape index (κ3) is 3.48. The van der Waals surface area contributed by atoms with Crippen molar-refractivity contribution in [3.8, 4) is 11.1 Å². The first kappa shape index (κ1) is 18.8. The Morgan fingerprint density at radius 2 is 1.48 bits per heavy atom. The number of hydrogen-bond acceptors (Lipinski definition) is 2. The Bertz CT molecular complexity index is 1210. The Balaban J connectivity index is 1.90. The van der Waals surface area contributed by atoms with Crippen molar-refractivity contribution < 1.29 is 4.42 Å². The van der Waals surface area contributed by atoms with E-state index >= 15 is 0 Å². The Labute approximate surface area is 165 Å². The lowest BCUT2D eigenvalue weighted by Crippen LogP contribution is -2.04. The molecule has 0 saturated carbocycles. The largest absolute Gasteiger partial charge is 0.422 e. The van der Waals surface area contributed by atoms with Crippen LogP contribution in [0.2, 0.25) is 0 Å². The molecule has 1 heterocycles. The summed E-state index contributed by atoms with van der Waals surface area (Å²) < 4.78 is 5.78. The highest BCUT2D eigenvalue weighted by molar-refractivity contribution is 7.16. The van der Waals surface area contributed by atoms with Crippen LogP contribution in [-0.4, -0.2) is 0 Å². The van der Waals surface area contributed by atoms with E-state index < -0.39 is 0 Å². The van der Waals surface area contributed by atoms with Gasteiger partial charge in [-0.25, -0.2) is 4.79 Å². The van der Waals surface area contributed by atoms with Crippen molar-refractivity contribution in [2.45, 2.75) is 18.5 Å². The summed E-state index contributed by atoms with van der Waals surface area (Å²) in [7, 11) is 8.22. The average Bonchev–Trinajstić information content (AvgIpc) is 2.71. The first-order valence-corrected chi connectivity index (χ1v) is 11.3. The maximum atomic E-state index is 12.8. The minimum absolute atomic E-state index is 0.288. The summed E-state index contributed by atoms with van der Waals surface area (Å²) >= 11 is 0. The molecular weight excluding hydrogens is 389 g/mol. The third-order valence-electron chi connectivity index (χ3n) is 4.98. The Hall–Kier alpha value is -1.58. The van der Waals surface area contributed by atoms with Gasteiger partial charge in [0.25, 0.3) is 0 Å². The number of hydrogen-bond donors (Lipinski definition) is 0. The third-order valence-corrected chi connectivity index (χ3v) is 6.30. The van der Waals surface area contributed by atoms with Crippen LogP contribution in [0, 0.1) is 0 Å². The van der Waals surface area contributed by atoms with Crippen molar-refractivity contribution in [2.24, 2.45) is 0 Å². The van der Waals surface area contributed by atoms with E-state index in [2.05, 4.69) is 64.1 Å². The molecule has 5 heteroatoms. The normalized spacial score (nSPS) is 11.4. The van der Waals surface area contributed by atoms with Crippen LogP contribution in [0.3, 0.4) is 0 Å². The van der Waals surface area contributed by atoms with Gasteiger partial charge in [0.1, 0.15) is 5.58 Å². The summed E-state index contributed by atoms with van der Waals surface area (Å²) in [5.74, 6) is 0. The summed E-state index contributed by atoms with van der Waals surface area (Å²) in [6.45, 7) is 0. The number of benzene rings is 3. The zero-order valence-corrected chi connectivity index (χ0v) is 18.3. The van der Waals surface area contributed by atoms with Crippen LogP contribution in [0.4, 0.5) is 0 Å². The molecule has 3 aromatic carbocycles. The average molecular weight is 410 g/mol. The van der Waals surface area contributed by atoms with Crippen LogP contribution in [0.15, 0.2) is 63.8 Å². The molecule has 4 aromatic rings. The van der Waals surface area contributed by atoms with Crippen LogP contribution in [-0.2, 0) is 18.5 Å². The van der Waals surface area contributed by atoms with Gasteiger partial charge in [-0.15, -0.1) is 27.7 Å². The first-order chi connectivity index (χ1) is 13.1. The van der Waals surface area contributed by atoms with Crippen LogP contribution in [0.25, 0.3) is 32.9 Å². The van der Waals surface area contributed by atoms with Gasteiger partial charge in [0, 0.05) is 10.9 Å². The van der Waals surface area contributed by atoms with E-state index in [1.807, 2.05) is 18.2 Å². The van der Waals surface area contributed by atoms with Gasteiger partial charge in [-0.3, -0.25) is 0 Å². The van der Waals surface area contributed by atoms with Gasteiger partial charge in [0.15, 0.2) is 0 Å². The van der Waals surface area contributed by atoms with Crippen molar-refractivity contribution in [3.63, 3.8) is 0 Å². The lowest BCUT2D eigenvalue weighted by molar-refractivity contribution is 0.560. The molecule has 0 aliphatic carbocycles. The molecule has 0 bridgehead atoms. The van der Waals surface area contributed by atoms with E-state index in [1.54, 1.807) is 0 Å². The molecule has 0 aliphatic heterocycles. The predicted molar refractivity (Wildman–Crippen MR) is 126 cm³/mol. The standard InChI is InChI=1S/C22H21O2P3/c23-22-19(9-17-5-6-18(11-26)20(12-27)21(17)24-22)16-4-3-14-7-13(10-25)1-2-15(14)8-16/h1-9H,10-12,25-27H2. The zero-order valence-electron chi connectivity index (χ0n) is 14.9. The van der Waals surface area contributed by atoms with Gasteiger partial charge in [-0.2, -0.15) is 0 Å². The smallest absolute Gasteiger partial charge is 0.344 e. The van der Waals surface area contributed by atoms with Crippen molar-refractivity contribution in [1.82, 2.24) is 0 Å². The molecule has 0 saturated heterocycles. The molecule has 3 unspecified atom stereocenters. The molecule has 0 aliphatic rings. The van der Waals surface area contributed by atoms with E-state index in [1.165, 1.54) is 16.5 Å².